The van der Waals surface area contributed by atoms with Crippen LogP contribution in [-0.4, -0.2) is 25.7 Å². The lowest BCUT2D eigenvalue weighted by atomic mass is 10.3. The maximum absolute atomic E-state index is 4.38. The summed E-state index contributed by atoms with van der Waals surface area (Å²) in [6, 6.07) is 0. The van der Waals surface area contributed by atoms with Crippen molar-refractivity contribution in [3.8, 4) is 0 Å². The van der Waals surface area contributed by atoms with Crippen molar-refractivity contribution in [1.82, 2.24) is 19.1 Å². The second kappa shape index (κ2) is 6.49. The first-order valence-corrected chi connectivity index (χ1v) is 7.17. The summed E-state index contributed by atoms with van der Waals surface area (Å²) in [5.41, 5.74) is 1.00. The summed E-state index contributed by atoms with van der Waals surface area (Å²) in [7, 11) is 0. The number of aryl methyl sites for hydroxylation is 1. The molecule has 0 bridgehead atoms. The van der Waals surface area contributed by atoms with E-state index in [4.69, 9.17) is 0 Å². The van der Waals surface area contributed by atoms with E-state index in [1.807, 2.05) is 12.4 Å². The van der Waals surface area contributed by atoms with Gasteiger partial charge >= 0.3 is 0 Å². The molecule has 0 fully saturated rings. The molecular formula is C12H19N5S. The minimum absolute atomic E-state index is 0.748. The molecule has 0 aromatic carbocycles. The van der Waals surface area contributed by atoms with E-state index in [9.17, 15) is 0 Å². The maximum atomic E-state index is 4.38. The molecule has 0 saturated carbocycles. The van der Waals surface area contributed by atoms with Gasteiger partial charge in [-0.3, -0.25) is 0 Å². The fourth-order valence-corrected chi connectivity index (χ4v) is 2.38. The predicted octanol–water partition coefficient (Wildman–Crippen LogP) is 2.56. The minimum Gasteiger partial charge on any atom is -0.374 e. The molecule has 5 nitrogen and oxygen atoms in total. The van der Waals surface area contributed by atoms with Crippen LogP contribution < -0.4 is 5.32 Å². The van der Waals surface area contributed by atoms with Crippen LogP contribution in [0.4, 0.5) is 5.00 Å². The molecule has 0 aliphatic rings. The third kappa shape index (κ3) is 3.07. The van der Waals surface area contributed by atoms with E-state index in [-0.39, 0.29) is 0 Å². The summed E-state index contributed by atoms with van der Waals surface area (Å²) < 4.78 is 6.18. The zero-order valence-corrected chi connectivity index (χ0v) is 11.7. The van der Waals surface area contributed by atoms with E-state index < -0.39 is 0 Å². The SMILES string of the molecule is CCCNc1snnc1Cn1ccnc1CCC. The quantitative estimate of drug-likeness (QED) is 0.836. The van der Waals surface area contributed by atoms with Crippen molar-refractivity contribution in [3.05, 3.63) is 23.9 Å². The molecule has 98 valence electrons. The molecule has 0 aliphatic carbocycles. The first-order chi connectivity index (χ1) is 8.85. The Hall–Kier alpha value is -1.43. The summed E-state index contributed by atoms with van der Waals surface area (Å²) in [6.45, 7) is 6.02. The van der Waals surface area contributed by atoms with Gasteiger partial charge in [-0.2, -0.15) is 0 Å². The van der Waals surface area contributed by atoms with Gasteiger partial charge in [0.05, 0.1) is 6.54 Å². The second-order valence-corrected chi connectivity index (χ2v) is 4.95. The first-order valence-electron chi connectivity index (χ1n) is 6.40. The average Bonchev–Trinajstić information content (AvgIpc) is 2.98. The lowest BCUT2D eigenvalue weighted by Gasteiger charge is -2.07. The fraction of sp³-hybridized carbons (Fsp3) is 0.583. The van der Waals surface area contributed by atoms with Crippen LogP contribution in [0.5, 0.6) is 0 Å². The van der Waals surface area contributed by atoms with E-state index >= 15 is 0 Å². The average molecular weight is 265 g/mol. The van der Waals surface area contributed by atoms with Crippen molar-refractivity contribution in [3.63, 3.8) is 0 Å². The molecule has 1 N–H and O–H groups in total. The van der Waals surface area contributed by atoms with Crippen LogP contribution in [0.15, 0.2) is 12.4 Å². The van der Waals surface area contributed by atoms with Crippen LogP contribution in [0.2, 0.25) is 0 Å². The molecule has 0 amide bonds. The molecule has 6 heteroatoms. The van der Waals surface area contributed by atoms with Gasteiger partial charge in [0.25, 0.3) is 0 Å². The number of hydrogen-bond donors (Lipinski definition) is 1. The molecule has 0 spiro atoms. The Morgan fingerprint density at radius 3 is 3.00 bits per heavy atom. The second-order valence-electron chi connectivity index (χ2n) is 4.20. The number of rotatable bonds is 7. The van der Waals surface area contributed by atoms with E-state index in [0.717, 1.165) is 48.9 Å². The summed E-state index contributed by atoms with van der Waals surface area (Å²) in [6.07, 6.45) is 7.07. The fourth-order valence-electron chi connectivity index (χ4n) is 1.78. The maximum Gasteiger partial charge on any atom is 0.135 e. The third-order valence-corrected chi connectivity index (χ3v) is 3.41. The molecule has 2 aromatic rings. The van der Waals surface area contributed by atoms with E-state index in [2.05, 4.69) is 38.3 Å². The largest absolute Gasteiger partial charge is 0.374 e. The summed E-state index contributed by atoms with van der Waals surface area (Å²) in [5.74, 6) is 1.12. The van der Waals surface area contributed by atoms with Crippen molar-refractivity contribution >= 4 is 16.5 Å². The van der Waals surface area contributed by atoms with Crippen molar-refractivity contribution in [2.45, 2.75) is 39.7 Å². The Morgan fingerprint density at radius 2 is 2.22 bits per heavy atom. The highest BCUT2D eigenvalue weighted by Gasteiger charge is 2.10. The summed E-state index contributed by atoms with van der Waals surface area (Å²) in [4.78, 5) is 4.38. The Labute approximate surface area is 111 Å². The number of imidazole rings is 1. The Morgan fingerprint density at radius 1 is 1.33 bits per heavy atom. The number of nitrogens with zero attached hydrogens (tertiary/aromatic N) is 4. The van der Waals surface area contributed by atoms with Gasteiger partial charge in [0.15, 0.2) is 0 Å². The van der Waals surface area contributed by atoms with Crippen molar-refractivity contribution in [1.29, 1.82) is 0 Å². The third-order valence-electron chi connectivity index (χ3n) is 2.69. The van der Waals surface area contributed by atoms with Crippen LogP contribution in [0, 0.1) is 0 Å². The number of anilines is 1. The Bertz CT molecular complexity index is 476. The highest BCUT2D eigenvalue weighted by Crippen LogP contribution is 2.19. The molecule has 2 rings (SSSR count). The molecular weight excluding hydrogens is 246 g/mol. The Balaban J connectivity index is 2.08. The van der Waals surface area contributed by atoms with Crippen LogP contribution in [0.1, 0.15) is 38.2 Å². The molecule has 2 heterocycles. The van der Waals surface area contributed by atoms with Gasteiger partial charge < -0.3 is 9.88 Å². The van der Waals surface area contributed by atoms with Crippen molar-refractivity contribution < 1.29 is 0 Å². The summed E-state index contributed by atoms with van der Waals surface area (Å²) >= 11 is 1.42. The predicted molar refractivity (Wildman–Crippen MR) is 74.0 cm³/mol. The van der Waals surface area contributed by atoms with Crippen LogP contribution in [0.25, 0.3) is 0 Å². The zero-order valence-electron chi connectivity index (χ0n) is 10.9. The number of nitrogens with one attached hydrogen (secondary N) is 1. The minimum atomic E-state index is 0.748. The van der Waals surface area contributed by atoms with E-state index in [1.165, 1.54) is 11.5 Å². The van der Waals surface area contributed by atoms with Gasteiger partial charge in [0, 0.05) is 36.9 Å². The molecule has 0 radical (unpaired) electrons. The highest BCUT2D eigenvalue weighted by molar-refractivity contribution is 7.10. The molecule has 0 atom stereocenters. The van der Waals surface area contributed by atoms with E-state index in [0.29, 0.717) is 0 Å². The van der Waals surface area contributed by atoms with Gasteiger partial charge in [-0.15, -0.1) is 5.10 Å². The lowest BCUT2D eigenvalue weighted by molar-refractivity contribution is 0.691. The zero-order chi connectivity index (χ0) is 12.8. The van der Waals surface area contributed by atoms with Crippen LogP contribution in [0.3, 0.4) is 0 Å². The lowest BCUT2D eigenvalue weighted by Crippen LogP contribution is -2.07. The summed E-state index contributed by atoms with van der Waals surface area (Å²) in [5, 5.41) is 8.65. The van der Waals surface area contributed by atoms with Gasteiger partial charge in [-0.05, 0) is 12.8 Å². The van der Waals surface area contributed by atoms with Crippen molar-refractivity contribution in [2.24, 2.45) is 0 Å². The molecule has 0 saturated heterocycles. The smallest absolute Gasteiger partial charge is 0.135 e. The van der Waals surface area contributed by atoms with Crippen LogP contribution >= 0.6 is 11.5 Å². The monoisotopic (exact) mass is 265 g/mol. The number of aromatic nitrogens is 4. The molecule has 0 aliphatic heterocycles. The van der Waals surface area contributed by atoms with Gasteiger partial charge in [0.2, 0.25) is 0 Å². The number of hydrogen-bond acceptors (Lipinski definition) is 5. The molecule has 18 heavy (non-hydrogen) atoms. The van der Waals surface area contributed by atoms with E-state index in [1.54, 1.807) is 0 Å². The van der Waals surface area contributed by atoms with Crippen molar-refractivity contribution in [2.75, 3.05) is 11.9 Å². The van der Waals surface area contributed by atoms with Gasteiger partial charge in [0.1, 0.15) is 16.5 Å². The molecule has 2 aromatic heterocycles. The standard InChI is InChI=1S/C12H19N5S/c1-3-5-11-13-7-8-17(11)9-10-12(14-6-4-2)18-16-15-10/h7-8,14H,3-6,9H2,1-2H3. The first kappa shape index (κ1) is 13.0. The van der Waals surface area contributed by atoms with Crippen LogP contribution in [-0.2, 0) is 13.0 Å². The Kier molecular flexibility index (Phi) is 4.69. The normalized spacial score (nSPS) is 10.8. The molecule has 0 unspecified atom stereocenters. The van der Waals surface area contributed by atoms with Gasteiger partial charge in [-0.25, -0.2) is 4.98 Å². The van der Waals surface area contributed by atoms with Gasteiger partial charge in [-0.1, -0.05) is 18.3 Å². The highest BCUT2D eigenvalue weighted by atomic mass is 32.1. The topological polar surface area (TPSA) is 55.6 Å².